The van der Waals surface area contributed by atoms with E-state index in [9.17, 15) is 13.2 Å². The molecule has 0 radical (unpaired) electrons. The summed E-state index contributed by atoms with van der Waals surface area (Å²) in [7, 11) is -3.57. The number of rotatable bonds is 7. The van der Waals surface area contributed by atoms with Gasteiger partial charge in [0, 0.05) is 19.7 Å². The lowest BCUT2D eigenvalue weighted by Gasteiger charge is -2.25. The minimum atomic E-state index is -3.57. The van der Waals surface area contributed by atoms with Crippen molar-refractivity contribution in [3.8, 4) is 5.75 Å². The van der Waals surface area contributed by atoms with Crippen molar-refractivity contribution in [2.24, 2.45) is 0 Å². The molecule has 7 nitrogen and oxygen atoms in total. The summed E-state index contributed by atoms with van der Waals surface area (Å²) in [6.45, 7) is 1.55. The van der Waals surface area contributed by atoms with Gasteiger partial charge in [0.15, 0.2) is 5.76 Å². The second-order valence-corrected chi connectivity index (χ2v) is 7.80. The van der Waals surface area contributed by atoms with Crippen LogP contribution in [0.3, 0.4) is 0 Å². The summed E-state index contributed by atoms with van der Waals surface area (Å²) < 4.78 is 38.1. The number of hydrogen-bond acceptors (Lipinski definition) is 6. The largest absolute Gasteiger partial charge is 0.459 e. The van der Waals surface area contributed by atoms with Crippen molar-refractivity contribution in [1.82, 2.24) is 4.90 Å². The van der Waals surface area contributed by atoms with Gasteiger partial charge in [0.2, 0.25) is 0 Å². The van der Waals surface area contributed by atoms with Crippen LogP contribution in [0.5, 0.6) is 5.75 Å². The molecule has 0 bridgehead atoms. The van der Waals surface area contributed by atoms with Crippen molar-refractivity contribution in [3.05, 3.63) is 54.0 Å². The molecule has 1 amide bonds. The second-order valence-electron chi connectivity index (χ2n) is 6.23. The van der Waals surface area contributed by atoms with Gasteiger partial charge in [-0.2, -0.15) is 8.42 Å². The zero-order chi connectivity index (χ0) is 18.6. The van der Waals surface area contributed by atoms with Crippen LogP contribution in [-0.4, -0.2) is 44.7 Å². The molecule has 8 heteroatoms. The first-order chi connectivity index (χ1) is 12.4. The molecule has 1 saturated heterocycles. The number of nitrogens with zero attached hydrogens (tertiary/aromatic N) is 1. The summed E-state index contributed by atoms with van der Waals surface area (Å²) in [6.07, 6.45) is 4.39. The predicted molar refractivity (Wildman–Crippen MR) is 94.3 cm³/mol. The summed E-state index contributed by atoms with van der Waals surface area (Å²) in [5, 5.41) is 0. The molecule has 1 aromatic carbocycles. The van der Waals surface area contributed by atoms with Gasteiger partial charge in [-0.15, -0.1) is 0 Å². The summed E-state index contributed by atoms with van der Waals surface area (Å²) >= 11 is 0. The first-order valence-electron chi connectivity index (χ1n) is 8.33. The zero-order valence-electron chi connectivity index (χ0n) is 14.5. The number of ether oxygens (including phenoxy) is 1. The molecule has 1 aliphatic heterocycles. The maximum atomic E-state index is 12.7. The summed E-state index contributed by atoms with van der Waals surface area (Å²) in [5.74, 6) is 0.307. The highest BCUT2D eigenvalue weighted by molar-refractivity contribution is 7.86. The molecular weight excluding hydrogens is 358 g/mol. The summed E-state index contributed by atoms with van der Waals surface area (Å²) in [4.78, 5) is 14.4. The van der Waals surface area contributed by atoms with Crippen molar-refractivity contribution in [1.29, 1.82) is 0 Å². The summed E-state index contributed by atoms with van der Waals surface area (Å²) in [6, 6.07) is 9.91. The van der Waals surface area contributed by atoms with Gasteiger partial charge in [0.1, 0.15) is 5.75 Å². The fraction of sp³-hybridized carbons (Fsp3) is 0.389. The number of carbonyl (C=O) groups is 1. The van der Waals surface area contributed by atoms with Crippen molar-refractivity contribution >= 4 is 16.0 Å². The van der Waals surface area contributed by atoms with E-state index in [1.807, 2.05) is 0 Å². The van der Waals surface area contributed by atoms with E-state index < -0.39 is 10.1 Å². The Labute approximate surface area is 152 Å². The quantitative estimate of drug-likeness (QED) is 0.687. The van der Waals surface area contributed by atoms with Crippen LogP contribution >= 0.6 is 0 Å². The van der Waals surface area contributed by atoms with Crippen LogP contribution in [0.4, 0.5) is 0 Å². The molecule has 1 fully saturated rings. The molecule has 0 spiro atoms. The lowest BCUT2D eigenvalue weighted by Crippen LogP contribution is -2.36. The third-order valence-electron chi connectivity index (χ3n) is 4.01. The SMILES string of the molecule is CS(=O)(=O)Oc1ccc(CN(CC2CCCO2)C(=O)c2ccco2)cc1. The van der Waals surface area contributed by atoms with Gasteiger partial charge in [-0.1, -0.05) is 12.1 Å². The third kappa shape index (κ3) is 5.09. The summed E-state index contributed by atoms with van der Waals surface area (Å²) in [5.41, 5.74) is 0.851. The maximum absolute atomic E-state index is 12.7. The van der Waals surface area contributed by atoms with Gasteiger partial charge in [-0.05, 0) is 42.7 Å². The fourth-order valence-corrected chi connectivity index (χ4v) is 3.32. The molecular formula is C18H21NO6S. The van der Waals surface area contributed by atoms with E-state index in [1.54, 1.807) is 41.3 Å². The van der Waals surface area contributed by atoms with E-state index in [-0.39, 0.29) is 23.5 Å². The van der Waals surface area contributed by atoms with Crippen LogP contribution in [0.2, 0.25) is 0 Å². The highest BCUT2D eigenvalue weighted by atomic mass is 32.2. The number of amides is 1. The Hall–Kier alpha value is -2.32. The Balaban J connectivity index is 1.73. The van der Waals surface area contributed by atoms with E-state index in [1.165, 1.54) is 6.26 Å². The van der Waals surface area contributed by atoms with Gasteiger partial charge in [0.05, 0.1) is 18.6 Å². The lowest BCUT2D eigenvalue weighted by molar-refractivity contribution is 0.0484. The standard InChI is InChI=1S/C18H21NO6S/c1-26(21,22)25-15-8-6-14(7-9-15)12-19(13-16-4-2-10-23-16)18(20)17-5-3-11-24-17/h3,5-9,11,16H,2,4,10,12-13H2,1H3. The number of carbonyl (C=O) groups excluding carboxylic acids is 1. The molecule has 2 aromatic rings. The van der Waals surface area contributed by atoms with Gasteiger partial charge in [-0.3, -0.25) is 4.79 Å². The topological polar surface area (TPSA) is 86.0 Å². The Kier molecular flexibility index (Phi) is 5.63. The van der Waals surface area contributed by atoms with E-state index in [0.717, 1.165) is 24.7 Å². The Morgan fingerprint density at radius 3 is 2.62 bits per heavy atom. The average molecular weight is 379 g/mol. The highest BCUT2D eigenvalue weighted by Gasteiger charge is 2.25. The van der Waals surface area contributed by atoms with Gasteiger partial charge >= 0.3 is 10.1 Å². The first-order valence-corrected chi connectivity index (χ1v) is 10.2. The highest BCUT2D eigenvalue weighted by Crippen LogP contribution is 2.19. The van der Waals surface area contributed by atoms with E-state index in [4.69, 9.17) is 13.3 Å². The zero-order valence-corrected chi connectivity index (χ0v) is 15.3. The lowest BCUT2D eigenvalue weighted by atomic mass is 10.1. The monoisotopic (exact) mass is 379 g/mol. The van der Waals surface area contributed by atoms with E-state index >= 15 is 0 Å². The predicted octanol–water partition coefficient (Wildman–Crippen LogP) is 2.44. The minimum Gasteiger partial charge on any atom is -0.459 e. The molecule has 0 aliphatic carbocycles. The second kappa shape index (κ2) is 7.92. The normalized spacial score (nSPS) is 17.2. The molecule has 140 valence electrons. The molecule has 3 rings (SSSR count). The first kappa shape index (κ1) is 18.5. The Bertz CT molecular complexity index is 823. The molecule has 1 atom stereocenters. The van der Waals surface area contributed by atoms with E-state index in [2.05, 4.69) is 0 Å². The van der Waals surface area contributed by atoms with Crippen molar-refractivity contribution in [3.63, 3.8) is 0 Å². The molecule has 2 heterocycles. The average Bonchev–Trinajstić information content (AvgIpc) is 3.27. The van der Waals surface area contributed by atoms with Crippen LogP contribution in [0, 0.1) is 0 Å². The van der Waals surface area contributed by atoms with Crippen LogP contribution in [0.1, 0.15) is 29.0 Å². The minimum absolute atomic E-state index is 0.0155. The third-order valence-corrected chi connectivity index (χ3v) is 4.51. The molecule has 26 heavy (non-hydrogen) atoms. The van der Waals surface area contributed by atoms with Gasteiger partial charge < -0.3 is 18.2 Å². The van der Waals surface area contributed by atoms with E-state index in [0.29, 0.717) is 19.7 Å². The number of furan rings is 1. The van der Waals surface area contributed by atoms with Crippen LogP contribution in [-0.2, 0) is 21.4 Å². The van der Waals surface area contributed by atoms with Crippen LogP contribution < -0.4 is 4.18 Å². The molecule has 1 aromatic heterocycles. The molecule has 0 saturated carbocycles. The van der Waals surface area contributed by atoms with Crippen molar-refractivity contribution in [2.45, 2.75) is 25.5 Å². The van der Waals surface area contributed by atoms with Crippen LogP contribution in [0.15, 0.2) is 47.1 Å². The molecule has 0 N–H and O–H groups in total. The number of benzene rings is 1. The smallest absolute Gasteiger partial charge is 0.306 e. The van der Waals surface area contributed by atoms with Crippen molar-refractivity contribution < 1.29 is 26.5 Å². The van der Waals surface area contributed by atoms with Crippen LogP contribution in [0.25, 0.3) is 0 Å². The van der Waals surface area contributed by atoms with Gasteiger partial charge in [0.25, 0.3) is 5.91 Å². The maximum Gasteiger partial charge on any atom is 0.306 e. The van der Waals surface area contributed by atoms with Gasteiger partial charge in [-0.25, -0.2) is 0 Å². The molecule has 1 unspecified atom stereocenters. The molecule has 1 aliphatic rings. The number of hydrogen-bond donors (Lipinski definition) is 0. The fourth-order valence-electron chi connectivity index (χ4n) is 2.86. The Morgan fingerprint density at radius 1 is 1.27 bits per heavy atom. The Morgan fingerprint density at radius 2 is 2.04 bits per heavy atom. The van der Waals surface area contributed by atoms with Crippen molar-refractivity contribution in [2.75, 3.05) is 19.4 Å².